The molecule has 18 heavy (non-hydrogen) atoms. The molecule has 0 saturated heterocycles. The summed E-state index contributed by atoms with van der Waals surface area (Å²) in [7, 11) is 2.10. The molecule has 0 saturated carbocycles. The van der Waals surface area contributed by atoms with Crippen molar-refractivity contribution in [3.63, 3.8) is 0 Å². The average Bonchev–Trinajstić information content (AvgIpc) is 2.39. The van der Waals surface area contributed by atoms with Crippen LogP contribution in [0, 0.1) is 11.3 Å². The van der Waals surface area contributed by atoms with Crippen molar-refractivity contribution in [3.8, 4) is 11.8 Å². The van der Waals surface area contributed by atoms with Crippen LogP contribution in [0.2, 0.25) is 0 Å². The number of hydrogen-bond acceptors (Lipinski definition) is 3. The molecular formula is C15H22N2O. The van der Waals surface area contributed by atoms with Gasteiger partial charge in [0.05, 0.1) is 12.7 Å². The minimum Gasteiger partial charge on any atom is -0.494 e. The summed E-state index contributed by atoms with van der Waals surface area (Å²) >= 11 is 0. The number of benzene rings is 1. The fraction of sp³-hybridized carbons (Fsp3) is 0.533. The van der Waals surface area contributed by atoms with Gasteiger partial charge in [0.25, 0.3) is 0 Å². The Morgan fingerprint density at radius 1 is 1.22 bits per heavy atom. The number of nitriles is 1. The highest BCUT2D eigenvalue weighted by molar-refractivity contribution is 5.27. The lowest BCUT2D eigenvalue weighted by Gasteiger charge is -2.15. The van der Waals surface area contributed by atoms with E-state index in [1.807, 2.05) is 19.1 Å². The summed E-state index contributed by atoms with van der Waals surface area (Å²) in [6.45, 7) is 4.72. The first-order valence-corrected chi connectivity index (χ1v) is 6.53. The lowest BCUT2D eigenvalue weighted by atomic mass is 10.1. The second-order valence-corrected chi connectivity index (χ2v) is 4.39. The van der Waals surface area contributed by atoms with E-state index in [0.717, 1.165) is 31.7 Å². The minimum absolute atomic E-state index is 0.646. The third kappa shape index (κ3) is 5.70. The van der Waals surface area contributed by atoms with Crippen LogP contribution in [0.25, 0.3) is 0 Å². The standard InChI is InChI=1S/C15H22N2O/c1-3-18-15-8-6-14(7-9-15)10-13-17(2)12-5-4-11-16/h6-9H,3-5,10,12-13H2,1-2H3. The molecule has 0 N–H and O–H groups in total. The third-order valence-corrected chi connectivity index (χ3v) is 2.84. The maximum absolute atomic E-state index is 8.48. The van der Waals surface area contributed by atoms with Crippen LogP contribution in [0.15, 0.2) is 24.3 Å². The summed E-state index contributed by atoms with van der Waals surface area (Å²) in [5.41, 5.74) is 1.32. The first-order chi connectivity index (χ1) is 8.76. The largest absolute Gasteiger partial charge is 0.494 e. The molecule has 0 radical (unpaired) electrons. The minimum atomic E-state index is 0.646. The molecular weight excluding hydrogens is 224 g/mol. The summed E-state index contributed by atoms with van der Waals surface area (Å²) in [5, 5.41) is 8.48. The van der Waals surface area contributed by atoms with E-state index in [9.17, 15) is 0 Å². The molecule has 1 aromatic carbocycles. The SMILES string of the molecule is CCOc1ccc(CCN(C)CCCC#N)cc1. The van der Waals surface area contributed by atoms with Crippen molar-refractivity contribution in [2.45, 2.75) is 26.2 Å². The first-order valence-electron chi connectivity index (χ1n) is 6.53. The van der Waals surface area contributed by atoms with E-state index in [1.54, 1.807) is 0 Å². The van der Waals surface area contributed by atoms with Crippen molar-refractivity contribution in [1.29, 1.82) is 5.26 Å². The number of unbranched alkanes of at least 4 members (excludes halogenated alkanes) is 1. The molecule has 1 aromatic rings. The molecule has 3 heteroatoms. The predicted molar refractivity (Wildman–Crippen MR) is 73.7 cm³/mol. The zero-order valence-corrected chi connectivity index (χ0v) is 11.4. The van der Waals surface area contributed by atoms with E-state index in [4.69, 9.17) is 10.00 Å². The quantitative estimate of drug-likeness (QED) is 0.662. The molecule has 3 nitrogen and oxygen atoms in total. The fourth-order valence-electron chi connectivity index (χ4n) is 1.78. The molecule has 0 aromatic heterocycles. The van der Waals surface area contributed by atoms with Crippen molar-refractivity contribution in [1.82, 2.24) is 4.90 Å². The molecule has 0 bridgehead atoms. The van der Waals surface area contributed by atoms with Crippen molar-refractivity contribution in [3.05, 3.63) is 29.8 Å². The molecule has 0 aliphatic rings. The maximum atomic E-state index is 8.48. The van der Waals surface area contributed by atoms with E-state index in [2.05, 4.69) is 30.1 Å². The average molecular weight is 246 g/mol. The second-order valence-electron chi connectivity index (χ2n) is 4.39. The number of nitrogens with zero attached hydrogens (tertiary/aromatic N) is 2. The number of ether oxygens (including phenoxy) is 1. The van der Waals surface area contributed by atoms with Crippen LogP contribution in [-0.2, 0) is 6.42 Å². The Labute approximate surface area is 110 Å². The molecule has 98 valence electrons. The highest BCUT2D eigenvalue weighted by atomic mass is 16.5. The van der Waals surface area contributed by atoms with Gasteiger partial charge < -0.3 is 9.64 Å². The summed E-state index contributed by atoms with van der Waals surface area (Å²) in [6, 6.07) is 10.5. The van der Waals surface area contributed by atoms with Crippen LogP contribution in [0.4, 0.5) is 0 Å². The van der Waals surface area contributed by atoms with Gasteiger partial charge in [-0.25, -0.2) is 0 Å². The Morgan fingerprint density at radius 3 is 2.56 bits per heavy atom. The Balaban J connectivity index is 2.28. The van der Waals surface area contributed by atoms with E-state index in [0.29, 0.717) is 13.0 Å². The fourth-order valence-corrected chi connectivity index (χ4v) is 1.78. The predicted octanol–water partition coefficient (Wildman–Crippen LogP) is 2.86. The zero-order valence-electron chi connectivity index (χ0n) is 11.4. The summed E-state index contributed by atoms with van der Waals surface area (Å²) in [4.78, 5) is 2.27. The van der Waals surface area contributed by atoms with Gasteiger partial charge in [0.2, 0.25) is 0 Å². The highest BCUT2D eigenvalue weighted by Gasteiger charge is 2.00. The van der Waals surface area contributed by atoms with Crippen molar-refractivity contribution in [2.75, 3.05) is 26.7 Å². The highest BCUT2D eigenvalue weighted by Crippen LogP contribution is 2.12. The third-order valence-electron chi connectivity index (χ3n) is 2.84. The monoisotopic (exact) mass is 246 g/mol. The van der Waals surface area contributed by atoms with Crippen LogP contribution in [0.5, 0.6) is 5.75 Å². The van der Waals surface area contributed by atoms with E-state index >= 15 is 0 Å². The Kier molecular flexibility index (Phi) is 6.90. The van der Waals surface area contributed by atoms with E-state index < -0.39 is 0 Å². The normalized spacial score (nSPS) is 10.3. The lowest BCUT2D eigenvalue weighted by Crippen LogP contribution is -2.22. The number of rotatable bonds is 8. The Morgan fingerprint density at radius 2 is 1.94 bits per heavy atom. The van der Waals surface area contributed by atoms with Gasteiger partial charge in [0, 0.05) is 13.0 Å². The Hall–Kier alpha value is -1.53. The van der Waals surface area contributed by atoms with Gasteiger partial charge in [-0.15, -0.1) is 0 Å². The van der Waals surface area contributed by atoms with Crippen LogP contribution in [0.3, 0.4) is 0 Å². The van der Waals surface area contributed by atoms with Gasteiger partial charge in [-0.3, -0.25) is 0 Å². The first kappa shape index (κ1) is 14.5. The van der Waals surface area contributed by atoms with Crippen molar-refractivity contribution < 1.29 is 4.74 Å². The van der Waals surface area contributed by atoms with Gasteiger partial charge in [-0.2, -0.15) is 5.26 Å². The molecule has 0 atom stereocenters. The molecule has 0 aliphatic heterocycles. The van der Waals surface area contributed by atoms with Crippen molar-refractivity contribution >= 4 is 0 Å². The van der Waals surface area contributed by atoms with Crippen LogP contribution in [-0.4, -0.2) is 31.6 Å². The molecule has 0 spiro atoms. The number of hydrogen-bond donors (Lipinski definition) is 0. The molecule has 0 aliphatic carbocycles. The van der Waals surface area contributed by atoms with Gasteiger partial charge in [0.15, 0.2) is 0 Å². The van der Waals surface area contributed by atoms with Gasteiger partial charge in [-0.1, -0.05) is 12.1 Å². The topological polar surface area (TPSA) is 36.3 Å². The summed E-state index contributed by atoms with van der Waals surface area (Å²) in [6.07, 6.45) is 2.64. The molecule has 0 heterocycles. The molecule has 0 amide bonds. The Bertz CT molecular complexity index is 367. The molecule has 0 unspecified atom stereocenters. The smallest absolute Gasteiger partial charge is 0.119 e. The molecule has 1 rings (SSSR count). The van der Waals surface area contributed by atoms with Gasteiger partial charge in [0.1, 0.15) is 5.75 Å². The summed E-state index contributed by atoms with van der Waals surface area (Å²) < 4.78 is 5.41. The van der Waals surface area contributed by atoms with Gasteiger partial charge >= 0.3 is 0 Å². The van der Waals surface area contributed by atoms with Crippen LogP contribution >= 0.6 is 0 Å². The van der Waals surface area contributed by atoms with E-state index in [1.165, 1.54) is 5.56 Å². The summed E-state index contributed by atoms with van der Waals surface area (Å²) in [5.74, 6) is 0.934. The lowest BCUT2D eigenvalue weighted by molar-refractivity contribution is 0.334. The maximum Gasteiger partial charge on any atom is 0.119 e. The van der Waals surface area contributed by atoms with E-state index in [-0.39, 0.29) is 0 Å². The number of likely N-dealkylation sites (N-methyl/N-ethyl adjacent to an activating group) is 1. The van der Waals surface area contributed by atoms with Crippen LogP contribution < -0.4 is 4.74 Å². The van der Waals surface area contributed by atoms with Crippen molar-refractivity contribution in [2.24, 2.45) is 0 Å². The van der Waals surface area contributed by atoms with Crippen LogP contribution in [0.1, 0.15) is 25.3 Å². The zero-order chi connectivity index (χ0) is 13.2. The second kappa shape index (κ2) is 8.54. The molecule has 0 fully saturated rings. The van der Waals surface area contributed by atoms with Gasteiger partial charge in [-0.05, 0) is 51.1 Å².